The van der Waals surface area contributed by atoms with Crippen LogP contribution >= 0.6 is 0 Å². The van der Waals surface area contributed by atoms with Crippen molar-refractivity contribution in [3.05, 3.63) is 11.8 Å². The van der Waals surface area contributed by atoms with E-state index in [1.54, 1.807) is 0 Å². The summed E-state index contributed by atoms with van der Waals surface area (Å²) < 4.78 is 5.61. The maximum absolute atomic E-state index is 5.61. The van der Waals surface area contributed by atoms with Gasteiger partial charge < -0.3 is 10.2 Å². The second-order valence-corrected chi connectivity index (χ2v) is 4.31. The number of aryl methyl sites for hydroxylation is 1. The lowest BCUT2D eigenvalue weighted by atomic mass is 9.70. The van der Waals surface area contributed by atoms with Crippen molar-refractivity contribution in [3.63, 3.8) is 0 Å². The van der Waals surface area contributed by atoms with Crippen LogP contribution in [0.2, 0.25) is 0 Å². The van der Waals surface area contributed by atoms with Gasteiger partial charge in [0.15, 0.2) is 0 Å². The van der Waals surface area contributed by atoms with Crippen molar-refractivity contribution in [2.75, 3.05) is 6.54 Å². The average molecular weight is 195 g/mol. The molecule has 2 N–H and O–H groups in total. The quantitative estimate of drug-likeness (QED) is 0.788. The Morgan fingerprint density at radius 3 is 2.79 bits per heavy atom. The molecule has 78 valence electrons. The van der Waals surface area contributed by atoms with E-state index in [1.807, 2.05) is 0 Å². The minimum Gasteiger partial charge on any atom is -0.425 e. The van der Waals surface area contributed by atoms with Crippen molar-refractivity contribution >= 4 is 0 Å². The van der Waals surface area contributed by atoms with Crippen LogP contribution in [0.3, 0.4) is 0 Å². The average Bonchev–Trinajstić information content (AvgIpc) is 2.59. The summed E-state index contributed by atoms with van der Waals surface area (Å²) in [4.78, 5) is 0. The minimum absolute atomic E-state index is 0.161. The van der Waals surface area contributed by atoms with E-state index in [4.69, 9.17) is 10.2 Å². The lowest BCUT2D eigenvalue weighted by molar-refractivity contribution is 0.210. The number of nitrogens with zero attached hydrogens (tertiary/aromatic N) is 2. The van der Waals surface area contributed by atoms with Gasteiger partial charge in [-0.25, -0.2) is 0 Å². The van der Waals surface area contributed by atoms with E-state index >= 15 is 0 Å². The number of aromatic nitrogens is 2. The molecule has 0 atom stereocenters. The molecule has 1 heterocycles. The van der Waals surface area contributed by atoms with Crippen LogP contribution in [0, 0.1) is 0 Å². The van der Waals surface area contributed by atoms with Crippen LogP contribution in [-0.4, -0.2) is 16.7 Å². The van der Waals surface area contributed by atoms with Crippen LogP contribution in [0.25, 0.3) is 0 Å². The van der Waals surface area contributed by atoms with Gasteiger partial charge in [-0.3, -0.25) is 0 Å². The predicted molar refractivity (Wildman–Crippen MR) is 52.9 cm³/mol. The molecule has 4 nitrogen and oxygen atoms in total. The lowest BCUT2D eigenvalue weighted by Gasteiger charge is -2.34. The number of hydrogen-bond acceptors (Lipinski definition) is 4. The first kappa shape index (κ1) is 9.65. The zero-order valence-corrected chi connectivity index (χ0v) is 8.62. The highest BCUT2D eigenvalue weighted by Gasteiger charge is 2.38. The van der Waals surface area contributed by atoms with Gasteiger partial charge in [0, 0.05) is 11.8 Å². The van der Waals surface area contributed by atoms with Gasteiger partial charge in [0.2, 0.25) is 11.8 Å². The molecule has 1 aliphatic rings. The van der Waals surface area contributed by atoms with Crippen molar-refractivity contribution in [2.45, 2.75) is 44.4 Å². The third-order valence-corrected chi connectivity index (χ3v) is 3.04. The number of rotatable bonds is 4. The van der Waals surface area contributed by atoms with Gasteiger partial charge in [0.1, 0.15) is 0 Å². The van der Waals surface area contributed by atoms with Crippen LogP contribution in [0.15, 0.2) is 4.42 Å². The largest absolute Gasteiger partial charge is 0.425 e. The molecule has 0 aromatic carbocycles. The molecule has 0 saturated heterocycles. The van der Waals surface area contributed by atoms with Gasteiger partial charge in [-0.1, -0.05) is 13.3 Å². The zero-order chi connectivity index (χ0) is 10.0. The van der Waals surface area contributed by atoms with Crippen LogP contribution < -0.4 is 5.73 Å². The Morgan fingerprint density at radius 2 is 2.21 bits per heavy atom. The fourth-order valence-corrected chi connectivity index (χ4v) is 1.77. The highest BCUT2D eigenvalue weighted by atomic mass is 16.4. The van der Waals surface area contributed by atoms with Crippen LogP contribution in [-0.2, 0) is 11.8 Å². The lowest BCUT2D eigenvalue weighted by Crippen LogP contribution is -2.30. The summed E-state index contributed by atoms with van der Waals surface area (Å²) in [6.07, 6.45) is 5.34. The van der Waals surface area contributed by atoms with Gasteiger partial charge in [-0.2, -0.15) is 0 Å². The van der Waals surface area contributed by atoms with E-state index in [0.29, 0.717) is 6.54 Å². The molecule has 1 fully saturated rings. The Morgan fingerprint density at radius 1 is 1.43 bits per heavy atom. The van der Waals surface area contributed by atoms with Crippen molar-refractivity contribution in [1.82, 2.24) is 10.2 Å². The second-order valence-electron chi connectivity index (χ2n) is 4.31. The van der Waals surface area contributed by atoms with Gasteiger partial charge in [-0.05, 0) is 25.8 Å². The summed E-state index contributed by atoms with van der Waals surface area (Å²) in [5.74, 6) is 1.55. The first-order valence-corrected chi connectivity index (χ1v) is 5.27. The zero-order valence-electron chi connectivity index (χ0n) is 8.62. The molecule has 1 aliphatic carbocycles. The predicted octanol–water partition coefficient (Wildman–Crippen LogP) is 1.40. The molecule has 1 aromatic rings. The molecule has 0 radical (unpaired) electrons. The molecule has 0 amide bonds. The molecule has 1 saturated carbocycles. The maximum atomic E-state index is 5.61. The van der Waals surface area contributed by atoms with Crippen molar-refractivity contribution in [3.8, 4) is 0 Å². The van der Waals surface area contributed by atoms with E-state index in [2.05, 4.69) is 17.1 Å². The number of nitrogens with two attached hydrogens (primary N) is 1. The molecule has 0 aliphatic heterocycles. The Bertz CT molecular complexity index is 304. The minimum atomic E-state index is 0.161. The second kappa shape index (κ2) is 3.69. The molecule has 4 heteroatoms. The molecule has 2 rings (SSSR count). The van der Waals surface area contributed by atoms with Crippen LogP contribution in [0.5, 0.6) is 0 Å². The summed E-state index contributed by atoms with van der Waals surface area (Å²) in [6.45, 7) is 2.87. The van der Waals surface area contributed by atoms with E-state index in [1.165, 1.54) is 19.3 Å². The monoisotopic (exact) mass is 195 g/mol. The fourth-order valence-electron chi connectivity index (χ4n) is 1.77. The molecular weight excluding hydrogens is 178 g/mol. The van der Waals surface area contributed by atoms with Gasteiger partial charge >= 0.3 is 0 Å². The van der Waals surface area contributed by atoms with Crippen molar-refractivity contribution < 1.29 is 4.42 Å². The Labute approximate surface area is 83.9 Å². The highest BCUT2D eigenvalue weighted by molar-refractivity contribution is 5.06. The topological polar surface area (TPSA) is 64.9 Å². The number of hydrogen-bond donors (Lipinski definition) is 1. The van der Waals surface area contributed by atoms with E-state index in [-0.39, 0.29) is 5.41 Å². The summed E-state index contributed by atoms with van der Waals surface area (Å²) in [6, 6.07) is 0. The fraction of sp³-hybridized carbons (Fsp3) is 0.800. The van der Waals surface area contributed by atoms with Crippen molar-refractivity contribution in [2.24, 2.45) is 5.73 Å². The van der Waals surface area contributed by atoms with Crippen molar-refractivity contribution in [1.29, 1.82) is 0 Å². The van der Waals surface area contributed by atoms with E-state index in [0.717, 1.165) is 24.6 Å². The van der Waals surface area contributed by atoms with E-state index < -0.39 is 0 Å². The molecule has 1 aromatic heterocycles. The first-order chi connectivity index (χ1) is 6.74. The molecule has 14 heavy (non-hydrogen) atoms. The summed E-state index contributed by atoms with van der Waals surface area (Å²) >= 11 is 0. The van der Waals surface area contributed by atoms with Crippen LogP contribution in [0.4, 0.5) is 0 Å². The molecule has 0 bridgehead atoms. The highest BCUT2D eigenvalue weighted by Crippen LogP contribution is 2.42. The molecule has 0 spiro atoms. The van der Waals surface area contributed by atoms with Gasteiger partial charge in [0.25, 0.3) is 0 Å². The summed E-state index contributed by atoms with van der Waals surface area (Å²) in [7, 11) is 0. The normalized spacial score (nSPS) is 19.3. The maximum Gasteiger partial charge on any atom is 0.222 e. The SMILES string of the molecule is CC1(c2nnc(CCCN)o2)CCC1. The Hall–Kier alpha value is -0.900. The third-order valence-electron chi connectivity index (χ3n) is 3.04. The first-order valence-electron chi connectivity index (χ1n) is 5.27. The van der Waals surface area contributed by atoms with Gasteiger partial charge in [0.05, 0.1) is 0 Å². The summed E-state index contributed by atoms with van der Waals surface area (Å²) in [5.41, 5.74) is 5.58. The van der Waals surface area contributed by atoms with E-state index in [9.17, 15) is 0 Å². The van der Waals surface area contributed by atoms with Gasteiger partial charge in [-0.15, -0.1) is 10.2 Å². The smallest absolute Gasteiger partial charge is 0.222 e. The third kappa shape index (κ3) is 1.66. The molecular formula is C10H17N3O. The standard InChI is InChI=1S/C10H17N3O/c1-10(5-3-6-10)9-13-12-8(14-9)4-2-7-11/h2-7,11H2,1H3. The Balaban J connectivity index is 2.02. The van der Waals surface area contributed by atoms with Crippen LogP contribution in [0.1, 0.15) is 44.4 Å². The Kier molecular flexibility index (Phi) is 2.54. The summed E-state index contributed by atoms with van der Waals surface area (Å²) in [5, 5.41) is 8.13. The molecule has 0 unspecified atom stereocenters.